The summed E-state index contributed by atoms with van der Waals surface area (Å²) in [4.78, 5) is 12.1. The molecule has 2 rings (SSSR count). The van der Waals surface area contributed by atoms with E-state index in [-0.39, 0.29) is 12.0 Å². The third kappa shape index (κ3) is 3.92. The van der Waals surface area contributed by atoms with Gasteiger partial charge in [0.2, 0.25) is 0 Å². The SMILES string of the molecule is COc1ccc(Br)c(C(=O)NCC2CNCCO2)c1. The maximum Gasteiger partial charge on any atom is 0.252 e. The van der Waals surface area contributed by atoms with Crippen molar-refractivity contribution in [2.24, 2.45) is 0 Å². The Bertz CT molecular complexity index is 448. The zero-order valence-corrected chi connectivity index (χ0v) is 12.3. The molecule has 0 saturated carbocycles. The molecule has 0 spiro atoms. The lowest BCUT2D eigenvalue weighted by Crippen LogP contribution is -2.45. The highest BCUT2D eigenvalue weighted by Gasteiger charge is 2.16. The molecule has 1 aromatic carbocycles. The monoisotopic (exact) mass is 328 g/mol. The Morgan fingerprint density at radius 2 is 2.47 bits per heavy atom. The van der Waals surface area contributed by atoms with Crippen molar-refractivity contribution in [3.05, 3.63) is 28.2 Å². The quantitative estimate of drug-likeness (QED) is 0.871. The fourth-order valence-electron chi connectivity index (χ4n) is 1.86. The van der Waals surface area contributed by atoms with Gasteiger partial charge in [0.15, 0.2) is 0 Å². The highest BCUT2D eigenvalue weighted by molar-refractivity contribution is 9.10. The largest absolute Gasteiger partial charge is 0.497 e. The molecule has 0 aromatic heterocycles. The molecule has 1 amide bonds. The minimum absolute atomic E-state index is 0.0297. The van der Waals surface area contributed by atoms with Crippen LogP contribution in [0.2, 0.25) is 0 Å². The zero-order valence-electron chi connectivity index (χ0n) is 10.7. The predicted molar refractivity (Wildman–Crippen MR) is 75.6 cm³/mol. The molecule has 1 aliphatic heterocycles. The van der Waals surface area contributed by atoms with Crippen molar-refractivity contribution in [1.82, 2.24) is 10.6 Å². The van der Waals surface area contributed by atoms with Crippen molar-refractivity contribution in [3.63, 3.8) is 0 Å². The van der Waals surface area contributed by atoms with Crippen LogP contribution in [0.4, 0.5) is 0 Å². The normalized spacial score (nSPS) is 18.9. The van der Waals surface area contributed by atoms with Gasteiger partial charge in [-0.1, -0.05) is 0 Å². The lowest BCUT2D eigenvalue weighted by Gasteiger charge is -2.23. The maximum absolute atomic E-state index is 12.1. The summed E-state index contributed by atoms with van der Waals surface area (Å²) in [5, 5.41) is 6.09. The number of benzene rings is 1. The Morgan fingerprint density at radius 1 is 1.63 bits per heavy atom. The van der Waals surface area contributed by atoms with Crippen LogP contribution in [0.15, 0.2) is 22.7 Å². The first kappa shape index (κ1) is 14.3. The van der Waals surface area contributed by atoms with Crippen LogP contribution in [0.3, 0.4) is 0 Å². The molecule has 1 fully saturated rings. The summed E-state index contributed by atoms with van der Waals surface area (Å²) < 4.78 is 11.4. The summed E-state index contributed by atoms with van der Waals surface area (Å²) in [5.74, 6) is 0.517. The fourth-order valence-corrected chi connectivity index (χ4v) is 2.28. The molecular weight excluding hydrogens is 312 g/mol. The van der Waals surface area contributed by atoms with Crippen molar-refractivity contribution in [2.75, 3.05) is 33.4 Å². The van der Waals surface area contributed by atoms with Gasteiger partial charge in [-0.25, -0.2) is 0 Å². The van der Waals surface area contributed by atoms with E-state index in [1.54, 1.807) is 25.3 Å². The summed E-state index contributed by atoms with van der Waals surface area (Å²) in [7, 11) is 1.58. The molecule has 0 radical (unpaired) electrons. The van der Waals surface area contributed by atoms with Gasteiger partial charge < -0.3 is 20.1 Å². The Balaban J connectivity index is 1.95. The number of morpholine rings is 1. The number of amides is 1. The van der Waals surface area contributed by atoms with Gasteiger partial charge in [0.1, 0.15) is 5.75 Å². The van der Waals surface area contributed by atoms with Crippen LogP contribution < -0.4 is 15.4 Å². The first-order valence-electron chi connectivity index (χ1n) is 6.15. The van der Waals surface area contributed by atoms with E-state index in [9.17, 15) is 4.79 Å². The molecule has 19 heavy (non-hydrogen) atoms. The van der Waals surface area contributed by atoms with Gasteiger partial charge in [-0.05, 0) is 34.1 Å². The fraction of sp³-hybridized carbons (Fsp3) is 0.462. The smallest absolute Gasteiger partial charge is 0.252 e. The first-order chi connectivity index (χ1) is 9.20. The van der Waals surface area contributed by atoms with Crippen molar-refractivity contribution in [1.29, 1.82) is 0 Å². The number of ether oxygens (including phenoxy) is 2. The molecule has 1 unspecified atom stereocenters. The van der Waals surface area contributed by atoms with Crippen LogP contribution in [-0.2, 0) is 4.74 Å². The lowest BCUT2D eigenvalue weighted by molar-refractivity contribution is 0.0287. The second-order valence-corrected chi connectivity index (χ2v) is 5.11. The number of hydrogen-bond donors (Lipinski definition) is 2. The molecule has 2 N–H and O–H groups in total. The van der Waals surface area contributed by atoms with Crippen LogP contribution in [0.5, 0.6) is 5.75 Å². The van der Waals surface area contributed by atoms with Crippen LogP contribution >= 0.6 is 15.9 Å². The van der Waals surface area contributed by atoms with E-state index in [4.69, 9.17) is 9.47 Å². The van der Waals surface area contributed by atoms with Crippen molar-refractivity contribution < 1.29 is 14.3 Å². The third-order valence-electron chi connectivity index (χ3n) is 2.91. The number of methoxy groups -OCH3 is 1. The Morgan fingerprint density at radius 3 is 3.16 bits per heavy atom. The van der Waals surface area contributed by atoms with Crippen molar-refractivity contribution >= 4 is 21.8 Å². The van der Waals surface area contributed by atoms with Gasteiger partial charge in [0.25, 0.3) is 5.91 Å². The standard InChI is InChI=1S/C13H17BrN2O3/c1-18-9-2-3-12(14)11(6-9)13(17)16-8-10-7-15-4-5-19-10/h2-3,6,10,15H,4-5,7-8H2,1H3,(H,16,17). The third-order valence-corrected chi connectivity index (χ3v) is 3.60. The summed E-state index contributed by atoms with van der Waals surface area (Å²) in [6.45, 7) is 2.81. The van der Waals surface area contributed by atoms with E-state index >= 15 is 0 Å². The van der Waals surface area contributed by atoms with Crippen LogP contribution in [0.25, 0.3) is 0 Å². The van der Waals surface area contributed by atoms with Crippen LogP contribution in [0, 0.1) is 0 Å². The van der Waals surface area contributed by atoms with E-state index in [1.165, 1.54) is 0 Å². The minimum atomic E-state index is -0.139. The number of carbonyl (C=O) groups is 1. The number of halogens is 1. The Hall–Kier alpha value is -1.11. The molecule has 5 nitrogen and oxygen atoms in total. The summed E-state index contributed by atoms with van der Waals surface area (Å²) >= 11 is 3.37. The van der Waals surface area contributed by atoms with Gasteiger partial charge in [-0.2, -0.15) is 0 Å². The van der Waals surface area contributed by atoms with Crippen LogP contribution in [-0.4, -0.2) is 45.4 Å². The minimum Gasteiger partial charge on any atom is -0.497 e. The van der Waals surface area contributed by atoms with Gasteiger partial charge in [0.05, 0.1) is 25.4 Å². The van der Waals surface area contributed by atoms with E-state index in [0.29, 0.717) is 24.5 Å². The average Bonchev–Trinajstić information content (AvgIpc) is 2.46. The Kier molecular flexibility index (Phi) is 5.18. The van der Waals surface area contributed by atoms with Crippen molar-refractivity contribution in [2.45, 2.75) is 6.10 Å². The molecule has 0 bridgehead atoms. The number of hydrogen-bond acceptors (Lipinski definition) is 4. The summed E-state index contributed by atoms with van der Waals surface area (Å²) in [6, 6.07) is 5.31. The van der Waals surface area contributed by atoms with E-state index in [2.05, 4.69) is 26.6 Å². The molecule has 1 saturated heterocycles. The zero-order chi connectivity index (χ0) is 13.7. The molecule has 6 heteroatoms. The van der Waals surface area contributed by atoms with Crippen LogP contribution in [0.1, 0.15) is 10.4 Å². The van der Waals surface area contributed by atoms with Gasteiger partial charge in [-0.3, -0.25) is 4.79 Å². The predicted octanol–water partition coefficient (Wildman–Crippen LogP) is 1.18. The second-order valence-electron chi connectivity index (χ2n) is 4.25. The van der Waals surface area contributed by atoms with E-state index in [0.717, 1.165) is 17.6 Å². The highest BCUT2D eigenvalue weighted by atomic mass is 79.9. The molecule has 1 atom stereocenters. The molecule has 1 aromatic rings. The molecular formula is C13H17BrN2O3. The summed E-state index contributed by atoms with van der Waals surface area (Å²) in [6.07, 6.45) is 0.0297. The lowest BCUT2D eigenvalue weighted by atomic mass is 10.2. The molecule has 0 aliphatic carbocycles. The Labute approximate surface area is 120 Å². The summed E-state index contributed by atoms with van der Waals surface area (Å²) in [5.41, 5.74) is 0.558. The molecule has 1 aliphatic rings. The molecule has 1 heterocycles. The van der Waals surface area contributed by atoms with Gasteiger partial charge >= 0.3 is 0 Å². The van der Waals surface area contributed by atoms with Gasteiger partial charge in [0, 0.05) is 24.1 Å². The maximum atomic E-state index is 12.1. The first-order valence-corrected chi connectivity index (χ1v) is 6.94. The topological polar surface area (TPSA) is 59.6 Å². The number of nitrogens with one attached hydrogen (secondary N) is 2. The second kappa shape index (κ2) is 6.88. The highest BCUT2D eigenvalue weighted by Crippen LogP contribution is 2.22. The number of rotatable bonds is 4. The van der Waals surface area contributed by atoms with Crippen molar-refractivity contribution in [3.8, 4) is 5.75 Å². The van der Waals surface area contributed by atoms with Gasteiger partial charge in [-0.15, -0.1) is 0 Å². The average molecular weight is 329 g/mol. The van der Waals surface area contributed by atoms with E-state index < -0.39 is 0 Å². The van der Waals surface area contributed by atoms with E-state index in [1.807, 2.05) is 0 Å². The molecule has 104 valence electrons. The number of carbonyl (C=O) groups excluding carboxylic acids is 1.